The molecule has 9 nitrogen and oxygen atoms in total. The molecule has 2 aromatic heterocycles. The molecule has 0 saturated heterocycles. The average Bonchev–Trinajstić information content (AvgIpc) is 3.21. The fourth-order valence-electron chi connectivity index (χ4n) is 2.81. The number of nitrogens with zero attached hydrogens (tertiary/aromatic N) is 3. The van der Waals surface area contributed by atoms with Crippen molar-refractivity contribution in [1.82, 2.24) is 20.1 Å². The summed E-state index contributed by atoms with van der Waals surface area (Å²) in [5, 5.41) is 16.8. The lowest BCUT2D eigenvalue weighted by Crippen LogP contribution is -2.46. The standard InChI is InChI=1S/C21H21Cl2N5O4/c22-15-6-5-14(9-16(15)23)28-20(10-17(27-28)13-3-1-7-25-11-13)32-8-2-4-19(30)26-18(12-29)21(24)31/h1,3,5-7,9-11,18,29H,2,4,8,12H2,(H2,24,31)(H,26,30)/t18-/m0/s1. The summed E-state index contributed by atoms with van der Waals surface area (Å²) in [6.07, 6.45) is 3.80. The number of hydrogen-bond donors (Lipinski definition) is 3. The number of nitrogens with two attached hydrogens (primary N) is 1. The number of primary amides is 1. The Hall–Kier alpha value is -3.14. The molecular formula is C21H21Cl2N5O4. The Morgan fingerprint density at radius 1 is 1.22 bits per heavy atom. The highest BCUT2D eigenvalue weighted by atomic mass is 35.5. The van der Waals surface area contributed by atoms with Crippen LogP contribution >= 0.6 is 23.2 Å². The number of hydrogen-bond acceptors (Lipinski definition) is 6. The number of benzene rings is 1. The van der Waals surface area contributed by atoms with Gasteiger partial charge in [0.2, 0.25) is 17.7 Å². The molecule has 0 bridgehead atoms. The number of carbonyl (C=O) groups is 2. The monoisotopic (exact) mass is 477 g/mol. The van der Waals surface area contributed by atoms with Crippen molar-refractivity contribution >= 4 is 35.0 Å². The molecule has 2 heterocycles. The van der Waals surface area contributed by atoms with Crippen LogP contribution in [0, 0.1) is 0 Å². The van der Waals surface area contributed by atoms with Crippen LogP contribution in [0.4, 0.5) is 0 Å². The largest absolute Gasteiger partial charge is 0.478 e. The van der Waals surface area contributed by atoms with Crippen molar-refractivity contribution in [3.63, 3.8) is 0 Å². The first-order valence-corrected chi connectivity index (χ1v) is 10.4. The number of pyridine rings is 1. The second kappa shape index (κ2) is 10.9. The molecule has 0 radical (unpaired) electrons. The number of aliphatic hydroxyl groups is 1. The van der Waals surface area contributed by atoms with E-state index >= 15 is 0 Å². The number of carbonyl (C=O) groups excluding carboxylic acids is 2. The predicted molar refractivity (Wildman–Crippen MR) is 120 cm³/mol. The Kier molecular flexibility index (Phi) is 8.04. The second-order valence-corrected chi connectivity index (χ2v) is 7.59. The van der Waals surface area contributed by atoms with Gasteiger partial charge in [0, 0.05) is 30.4 Å². The zero-order valence-corrected chi connectivity index (χ0v) is 18.4. The minimum absolute atomic E-state index is 0.0835. The van der Waals surface area contributed by atoms with Crippen molar-refractivity contribution in [3.8, 4) is 22.8 Å². The zero-order valence-electron chi connectivity index (χ0n) is 16.9. The van der Waals surface area contributed by atoms with Gasteiger partial charge in [-0.2, -0.15) is 5.10 Å². The third kappa shape index (κ3) is 5.97. The molecule has 0 aliphatic rings. The van der Waals surface area contributed by atoms with E-state index in [1.54, 1.807) is 47.4 Å². The normalized spacial score (nSPS) is 11.7. The van der Waals surface area contributed by atoms with Crippen molar-refractivity contribution in [1.29, 1.82) is 0 Å². The Balaban J connectivity index is 1.72. The fraction of sp³-hybridized carbons (Fsp3) is 0.238. The topological polar surface area (TPSA) is 132 Å². The second-order valence-electron chi connectivity index (χ2n) is 6.78. The summed E-state index contributed by atoms with van der Waals surface area (Å²) in [5.41, 5.74) is 7.19. The summed E-state index contributed by atoms with van der Waals surface area (Å²) in [6, 6.07) is 9.42. The van der Waals surface area contributed by atoms with Crippen LogP contribution in [0.3, 0.4) is 0 Å². The van der Waals surface area contributed by atoms with Gasteiger partial charge < -0.3 is 20.9 Å². The van der Waals surface area contributed by atoms with Crippen LogP contribution in [-0.2, 0) is 9.59 Å². The molecule has 0 fully saturated rings. The van der Waals surface area contributed by atoms with Crippen molar-refractivity contribution in [3.05, 3.63) is 58.8 Å². The molecule has 1 aromatic carbocycles. The van der Waals surface area contributed by atoms with E-state index in [-0.39, 0.29) is 13.0 Å². The van der Waals surface area contributed by atoms with Crippen LogP contribution in [0.15, 0.2) is 48.8 Å². The van der Waals surface area contributed by atoms with E-state index in [4.69, 9.17) is 38.8 Å². The zero-order chi connectivity index (χ0) is 23.1. The van der Waals surface area contributed by atoms with Crippen molar-refractivity contribution in [2.24, 2.45) is 5.73 Å². The number of nitrogens with one attached hydrogen (secondary N) is 1. The van der Waals surface area contributed by atoms with E-state index in [0.717, 1.165) is 5.56 Å². The van der Waals surface area contributed by atoms with Crippen LogP contribution in [-0.4, -0.2) is 50.9 Å². The van der Waals surface area contributed by atoms with Gasteiger partial charge in [0.15, 0.2) is 0 Å². The van der Waals surface area contributed by atoms with Gasteiger partial charge in [0.1, 0.15) is 6.04 Å². The maximum atomic E-state index is 11.9. The molecular weight excluding hydrogens is 457 g/mol. The molecule has 0 spiro atoms. The molecule has 2 amide bonds. The maximum Gasteiger partial charge on any atom is 0.242 e. The lowest BCUT2D eigenvalue weighted by molar-refractivity contribution is -0.128. The van der Waals surface area contributed by atoms with Gasteiger partial charge in [-0.25, -0.2) is 4.68 Å². The van der Waals surface area contributed by atoms with Gasteiger partial charge in [0.25, 0.3) is 0 Å². The molecule has 168 valence electrons. The smallest absolute Gasteiger partial charge is 0.242 e. The number of amides is 2. The fourth-order valence-corrected chi connectivity index (χ4v) is 3.10. The average molecular weight is 478 g/mol. The third-order valence-corrected chi connectivity index (χ3v) is 5.18. The highest BCUT2D eigenvalue weighted by Gasteiger charge is 2.17. The summed E-state index contributed by atoms with van der Waals surface area (Å²) < 4.78 is 7.46. The van der Waals surface area contributed by atoms with Gasteiger partial charge in [-0.3, -0.25) is 14.6 Å². The van der Waals surface area contributed by atoms with Gasteiger partial charge in [-0.1, -0.05) is 23.2 Å². The van der Waals surface area contributed by atoms with Crippen molar-refractivity contribution < 1.29 is 19.4 Å². The van der Waals surface area contributed by atoms with Gasteiger partial charge >= 0.3 is 0 Å². The predicted octanol–water partition coefficient (Wildman–Crippen LogP) is 2.36. The van der Waals surface area contributed by atoms with Crippen molar-refractivity contribution in [2.45, 2.75) is 18.9 Å². The molecule has 4 N–H and O–H groups in total. The number of ether oxygens (including phenoxy) is 1. The Morgan fingerprint density at radius 3 is 2.69 bits per heavy atom. The van der Waals surface area contributed by atoms with E-state index in [0.29, 0.717) is 33.7 Å². The van der Waals surface area contributed by atoms with E-state index in [9.17, 15) is 9.59 Å². The molecule has 0 aliphatic heterocycles. The summed E-state index contributed by atoms with van der Waals surface area (Å²) in [6.45, 7) is -0.356. The van der Waals surface area contributed by atoms with Crippen molar-refractivity contribution in [2.75, 3.05) is 13.2 Å². The Labute approximate surface area is 194 Å². The lowest BCUT2D eigenvalue weighted by atomic mass is 10.2. The molecule has 3 rings (SSSR count). The first kappa shape index (κ1) is 23.5. The van der Waals surface area contributed by atoms with Crippen LogP contribution in [0.1, 0.15) is 12.8 Å². The Morgan fingerprint density at radius 2 is 2.03 bits per heavy atom. The minimum atomic E-state index is -1.11. The molecule has 0 unspecified atom stereocenters. The first-order chi connectivity index (χ1) is 15.4. The van der Waals surface area contributed by atoms with Gasteiger partial charge in [-0.15, -0.1) is 0 Å². The SMILES string of the molecule is NC(=O)[C@H](CO)NC(=O)CCCOc1cc(-c2cccnc2)nn1-c1ccc(Cl)c(Cl)c1. The van der Waals surface area contributed by atoms with E-state index < -0.39 is 24.5 Å². The number of aromatic nitrogens is 3. The molecule has 32 heavy (non-hydrogen) atoms. The van der Waals surface area contributed by atoms with E-state index in [2.05, 4.69) is 15.4 Å². The minimum Gasteiger partial charge on any atom is -0.478 e. The maximum absolute atomic E-state index is 11.9. The molecule has 0 aliphatic carbocycles. The van der Waals surface area contributed by atoms with Crippen LogP contribution < -0.4 is 15.8 Å². The van der Waals surface area contributed by atoms with Crippen LogP contribution in [0.2, 0.25) is 10.0 Å². The highest BCUT2D eigenvalue weighted by Crippen LogP contribution is 2.29. The quantitative estimate of drug-likeness (QED) is 0.384. The van der Waals surface area contributed by atoms with Crippen LogP contribution in [0.25, 0.3) is 16.9 Å². The van der Waals surface area contributed by atoms with Gasteiger partial charge in [0.05, 0.1) is 34.6 Å². The lowest BCUT2D eigenvalue weighted by Gasteiger charge is -2.13. The number of rotatable bonds is 10. The molecule has 1 atom stereocenters. The summed E-state index contributed by atoms with van der Waals surface area (Å²) >= 11 is 12.2. The number of aliphatic hydroxyl groups excluding tert-OH is 1. The molecule has 0 saturated carbocycles. The van der Waals surface area contributed by atoms with E-state index in [1.807, 2.05) is 6.07 Å². The highest BCUT2D eigenvalue weighted by molar-refractivity contribution is 6.42. The third-order valence-electron chi connectivity index (χ3n) is 4.44. The van der Waals surface area contributed by atoms with Gasteiger partial charge in [-0.05, 0) is 36.8 Å². The number of halogens is 2. The summed E-state index contributed by atoms with van der Waals surface area (Å²) in [7, 11) is 0. The van der Waals surface area contributed by atoms with E-state index in [1.165, 1.54) is 0 Å². The Bertz CT molecular complexity index is 1090. The first-order valence-electron chi connectivity index (χ1n) is 9.67. The molecule has 11 heteroatoms. The molecule has 3 aromatic rings. The van der Waals surface area contributed by atoms with Crippen LogP contribution in [0.5, 0.6) is 5.88 Å². The summed E-state index contributed by atoms with van der Waals surface area (Å²) in [5.74, 6) is -0.779. The summed E-state index contributed by atoms with van der Waals surface area (Å²) in [4.78, 5) is 27.2.